The average Bonchev–Trinajstić information content (AvgIpc) is 3.04. The van der Waals surface area contributed by atoms with E-state index in [1.165, 1.54) is 11.9 Å². The fourth-order valence-electron chi connectivity index (χ4n) is 2.78. The lowest BCUT2D eigenvalue weighted by Gasteiger charge is -2.19. The molecule has 0 unspecified atom stereocenters. The van der Waals surface area contributed by atoms with Gasteiger partial charge in [-0.3, -0.25) is 14.3 Å². The number of ether oxygens (including phenoxy) is 1. The Hall–Kier alpha value is -2.77. The molecule has 24 heavy (non-hydrogen) atoms. The van der Waals surface area contributed by atoms with Crippen LogP contribution in [-0.4, -0.2) is 36.3 Å². The Bertz CT molecular complexity index is 874. The maximum Gasteiger partial charge on any atom is 0.420 e. The van der Waals surface area contributed by atoms with Gasteiger partial charge in [0.1, 0.15) is 0 Å². The van der Waals surface area contributed by atoms with E-state index < -0.39 is 23.5 Å². The molecule has 8 heteroatoms. The van der Waals surface area contributed by atoms with E-state index >= 15 is 0 Å². The molecule has 128 valence electrons. The smallest absolute Gasteiger partial charge is 0.420 e. The van der Waals surface area contributed by atoms with Crippen LogP contribution in [0.4, 0.5) is 10.5 Å². The highest BCUT2D eigenvalue weighted by Crippen LogP contribution is 2.28. The number of benzene rings is 1. The molecule has 0 saturated carbocycles. The average molecular weight is 333 g/mol. The lowest BCUT2D eigenvalue weighted by Crippen LogP contribution is -2.35. The highest BCUT2D eigenvalue weighted by Gasteiger charge is 2.36. The fraction of sp³-hybridized carbons (Fsp3) is 0.438. The molecule has 2 heterocycles. The Balaban J connectivity index is 1.99. The lowest BCUT2D eigenvalue weighted by atomic mass is 10.1. The summed E-state index contributed by atoms with van der Waals surface area (Å²) in [5.74, 6) is -0.820. The number of carbonyl (C=O) groups is 2. The maximum absolute atomic E-state index is 12.1. The van der Waals surface area contributed by atoms with E-state index in [0.29, 0.717) is 16.8 Å². The number of anilines is 1. The van der Waals surface area contributed by atoms with Gasteiger partial charge in [-0.15, -0.1) is 0 Å². The van der Waals surface area contributed by atoms with Crippen molar-refractivity contribution in [3.63, 3.8) is 0 Å². The zero-order valence-electron chi connectivity index (χ0n) is 14.0. The zero-order valence-corrected chi connectivity index (χ0v) is 14.0. The van der Waals surface area contributed by atoms with Gasteiger partial charge in [-0.1, -0.05) is 0 Å². The quantitative estimate of drug-likeness (QED) is 0.897. The van der Waals surface area contributed by atoms with E-state index in [1.807, 2.05) is 20.8 Å². The number of hydrogen-bond acceptors (Lipinski definition) is 5. The second kappa shape index (κ2) is 5.40. The first kappa shape index (κ1) is 16.1. The molecule has 3 rings (SSSR count). The monoisotopic (exact) mass is 333 g/mol. The normalized spacial score (nSPS) is 18.1. The Kier molecular flexibility index (Phi) is 3.62. The maximum atomic E-state index is 12.1. The molecule has 0 aliphatic carbocycles. The molecule has 0 radical (unpaired) electrons. The third-order valence-electron chi connectivity index (χ3n) is 3.90. The number of amides is 2. The molecule has 1 atom stereocenters. The van der Waals surface area contributed by atoms with Crippen molar-refractivity contribution in [2.45, 2.75) is 32.4 Å². The Labute approximate surface area is 138 Å². The van der Waals surface area contributed by atoms with Crippen LogP contribution in [-0.2, 0) is 15.1 Å². The topological polar surface area (TPSA) is 93.8 Å². The van der Waals surface area contributed by atoms with Gasteiger partial charge < -0.3 is 14.5 Å². The number of nitrogens with one attached hydrogen (secondary N) is 1. The van der Waals surface area contributed by atoms with Gasteiger partial charge in [0.05, 0.1) is 17.7 Å². The van der Waals surface area contributed by atoms with Gasteiger partial charge in [-0.05, 0) is 32.9 Å². The van der Waals surface area contributed by atoms with Crippen LogP contribution in [0.15, 0.2) is 27.4 Å². The van der Waals surface area contributed by atoms with Crippen LogP contribution in [0.2, 0.25) is 0 Å². The summed E-state index contributed by atoms with van der Waals surface area (Å²) in [7, 11) is 1.48. The second-order valence-electron chi connectivity index (χ2n) is 6.62. The molecule has 1 aromatic carbocycles. The molecule has 0 bridgehead atoms. The van der Waals surface area contributed by atoms with Crippen LogP contribution in [0.3, 0.4) is 0 Å². The van der Waals surface area contributed by atoms with Crippen molar-refractivity contribution < 1.29 is 18.7 Å². The summed E-state index contributed by atoms with van der Waals surface area (Å²) < 4.78 is 11.9. The van der Waals surface area contributed by atoms with Gasteiger partial charge in [0.2, 0.25) is 0 Å². The van der Waals surface area contributed by atoms with E-state index in [1.54, 1.807) is 22.8 Å². The molecule has 2 amide bonds. The predicted molar refractivity (Wildman–Crippen MR) is 87.2 cm³/mol. The van der Waals surface area contributed by atoms with E-state index in [-0.39, 0.29) is 12.5 Å². The number of oxazole rings is 1. The van der Waals surface area contributed by atoms with Gasteiger partial charge in [-0.25, -0.2) is 9.59 Å². The first-order valence-corrected chi connectivity index (χ1v) is 7.58. The zero-order chi connectivity index (χ0) is 17.6. The number of likely N-dealkylation sites (N-methyl/N-ethyl adjacent to an activating group) is 1. The summed E-state index contributed by atoms with van der Waals surface area (Å²) in [4.78, 5) is 37.1. The third-order valence-corrected chi connectivity index (χ3v) is 3.90. The van der Waals surface area contributed by atoms with Gasteiger partial charge in [0.15, 0.2) is 11.7 Å². The summed E-state index contributed by atoms with van der Waals surface area (Å²) in [6.07, 6.45) is -1.47. The molecule has 1 aliphatic rings. The number of fused-ring (bicyclic) bond motifs is 1. The van der Waals surface area contributed by atoms with Crippen molar-refractivity contribution in [3.05, 3.63) is 28.7 Å². The standard InChI is InChI=1S/C16H19N3O5/c1-16(2,3)19-10-6-5-9(7-11(10)23-15(19)22)18-8-12(13(20)17-4)24-14(18)21/h5-7,12H,8H2,1-4H3,(H,17,20)/t12-/m1/s1. The molecular weight excluding hydrogens is 314 g/mol. The molecule has 1 aromatic heterocycles. The highest BCUT2D eigenvalue weighted by atomic mass is 16.6. The minimum absolute atomic E-state index is 0.105. The van der Waals surface area contributed by atoms with Crippen molar-refractivity contribution in [2.75, 3.05) is 18.5 Å². The first-order valence-electron chi connectivity index (χ1n) is 7.58. The molecular formula is C16H19N3O5. The summed E-state index contributed by atoms with van der Waals surface area (Å²) in [6.45, 7) is 5.82. The summed E-state index contributed by atoms with van der Waals surface area (Å²) in [5, 5.41) is 2.45. The predicted octanol–water partition coefficient (Wildman–Crippen LogP) is 1.42. The minimum atomic E-state index is -0.857. The van der Waals surface area contributed by atoms with Crippen LogP contribution in [0.1, 0.15) is 20.8 Å². The van der Waals surface area contributed by atoms with Crippen molar-refractivity contribution in [1.82, 2.24) is 9.88 Å². The van der Waals surface area contributed by atoms with Crippen molar-refractivity contribution in [1.29, 1.82) is 0 Å². The Morgan fingerprint density at radius 3 is 2.62 bits per heavy atom. The van der Waals surface area contributed by atoms with Crippen LogP contribution in [0.5, 0.6) is 0 Å². The molecule has 1 saturated heterocycles. The molecule has 1 N–H and O–H groups in total. The molecule has 2 aromatic rings. The largest absolute Gasteiger partial charge is 0.434 e. The highest BCUT2D eigenvalue weighted by molar-refractivity contribution is 5.96. The number of carbonyl (C=O) groups excluding carboxylic acids is 2. The number of aromatic nitrogens is 1. The van der Waals surface area contributed by atoms with Gasteiger partial charge >= 0.3 is 11.8 Å². The number of rotatable bonds is 2. The Morgan fingerprint density at radius 1 is 1.29 bits per heavy atom. The van der Waals surface area contributed by atoms with Crippen molar-refractivity contribution in [2.24, 2.45) is 0 Å². The second-order valence-corrected chi connectivity index (χ2v) is 6.62. The molecule has 1 aliphatic heterocycles. The summed E-state index contributed by atoms with van der Waals surface area (Å²) in [5.41, 5.74) is 1.10. The van der Waals surface area contributed by atoms with Crippen LogP contribution in [0, 0.1) is 0 Å². The van der Waals surface area contributed by atoms with Crippen LogP contribution >= 0.6 is 0 Å². The molecule has 0 spiro atoms. The van der Waals surface area contributed by atoms with E-state index in [4.69, 9.17) is 9.15 Å². The molecule has 8 nitrogen and oxygen atoms in total. The Morgan fingerprint density at radius 2 is 2.00 bits per heavy atom. The SMILES string of the molecule is CNC(=O)[C@H]1CN(c2ccc3c(c2)oc(=O)n3C(C)(C)C)C(=O)O1. The fourth-order valence-corrected chi connectivity index (χ4v) is 2.78. The summed E-state index contributed by atoms with van der Waals surface area (Å²) in [6, 6.07) is 5.03. The van der Waals surface area contributed by atoms with E-state index in [0.717, 1.165) is 0 Å². The van der Waals surface area contributed by atoms with Crippen molar-refractivity contribution in [3.8, 4) is 0 Å². The van der Waals surface area contributed by atoms with Crippen LogP contribution in [0.25, 0.3) is 11.1 Å². The number of cyclic esters (lactones) is 1. The number of nitrogens with zero attached hydrogens (tertiary/aromatic N) is 2. The first-order chi connectivity index (χ1) is 11.2. The van der Waals surface area contributed by atoms with Gasteiger partial charge in [0, 0.05) is 18.7 Å². The number of hydrogen-bond donors (Lipinski definition) is 1. The minimum Gasteiger partial charge on any atom is -0.434 e. The summed E-state index contributed by atoms with van der Waals surface area (Å²) >= 11 is 0. The van der Waals surface area contributed by atoms with Crippen LogP contribution < -0.4 is 16.0 Å². The van der Waals surface area contributed by atoms with E-state index in [9.17, 15) is 14.4 Å². The third kappa shape index (κ3) is 2.53. The molecule has 1 fully saturated rings. The van der Waals surface area contributed by atoms with Crippen molar-refractivity contribution >= 4 is 28.8 Å². The lowest BCUT2D eigenvalue weighted by molar-refractivity contribution is -0.127. The van der Waals surface area contributed by atoms with Gasteiger partial charge in [0.25, 0.3) is 5.91 Å². The van der Waals surface area contributed by atoms with Gasteiger partial charge in [-0.2, -0.15) is 0 Å². The van der Waals surface area contributed by atoms with E-state index in [2.05, 4.69) is 5.32 Å².